The number of aliphatic carboxylic acids is 1. The van der Waals surface area contributed by atoms with E-state index in [0.717, 1.165) is 31.7 Å². The number of rotatable bonds is 10. The molecule has 0 aliphatic heterocycles. The van der Waals surface area contributed by atoms with Gasteiger partial charge in [-0.1, -0.05) is 25.3 Å². The Morgan fingerprint density at radius 2 is 1.83 bits per heavy atom. The lowest BCUT2D eigenvalue weighted by Gasteiger charge is -2.06. The molecule has 1 saturated carbocycles. The average molecular weight is 339 g/mol. The Labute approximate surface area is 140 Å². The van der Waals surface area contributed by atoms with E-state index in [-0.39, 0.29) is 24.2 Å². The monoisotopic (exact) mass is 339 g/mol. The summed E-state index contributed by atoms with van der Waals surface area (Å²) in [5, 5.41) is 11.4. The molecule has 0 aromatic heterocycles. The molecule has 0 heterocycles. The van der Waals surface area contributed by atoms with Crippen molar-refractivity contribution in [3.05, 3.63) is 35.4 Å². The van der Waals surface area contributed by atoms with Crippen molar-refractivity contribution in [2.24, 2.45) is 5.92 Å². The Bertz CT molecular complexity index is 592. The lowest BCUT2D eigenvalue weighted by atomic mass is 10.1. The second-order valence-corrected chi connectivity index (χ2v) is 6.32. The van der Waals surface area contributed by atoms with Crippen LogP contribution in [0.15, 0.2) is 18.2 Å². The second kappa shape index (κ2) is 8.76. The predicted octanol–water partition coefficient (Wildman–Crippen LogP) is 3.61. The standard InChI is InChI=1S/C18H23F2NO3/c19-12-7-8-13(16(20)10-12)14-11-15(14)18(24)21-9-5-3-1-2-4-6-17(22)23/h7-8,10,14-15H,1-6,9,11H2,(H,21,24)(H,22,23). The van der Waals surface area contributed by atoms with Crippen LogP contribution in [-0.2, 0) is 9.59 Å². The van der Waals surface area contributed by atoms with E-state index < -0.39 is 17.6 Å². The van der Waals surface area contributed by atoms with E-state index in [1.165, 1.54) is 12.1 Å². The molecule has 2 rings (SSSR count). The smallest absolute Gasteiger partial charge is 0.303 e. The van der Waals surface area contributed by atoms with Gasteiger partial charge in [-0.25, -0.2) is 8.78 Å². The van der Waals surface area contributed by atoms with E-state index in [1.54, 1.807) is 0 Å². The highest BCUT2D eigenvalue weighted by molar-refractivity contribution is 5.82. The normalized spacial score (nSPS) is 19.1. The lowest BCUT2D eigenvalue weighted by Crippen LogP contribution is -2.26. The molecule has 1 aromatic carbocycles. The molecular formula is C18H23F2NO3. The number of hydrogen-bond acceptors (Lipinski definition) is 2. The van der Waals surface area contributed by atoms with Gasteiger partial charge in [0.1, 0.15) is 11.6 Å². The first-order chi connectivity index (χ1) is 11.5. The van der Waals surface area contributed by atoms with Gasteiger partial charge in [0.15, 0.2) is 0 Å². The van der Waals surface area contributed by atoms with Gasteiger partial charge in [-0.2, -0.15) is 0 Å². The van der Waals surface area contributed by atoms with E-state index in [9.17, 15) is 18.4 Å². The van der Waals surface area contributed by atoms with E-state index >= 15 is 0 Å². The molecule has 1 fully saturated rings. The molecule has 4 nitrogen and oxygen atoms in total. The Morgan fingerprint density at radius 3 is 2.54 bits per heavy atom. The van der Waals surface area contributed by atoms with E-state index in [4.69, 9.17) is 5.11 Å². The summed E-state index contributed by atoms with van der Waals surface area (Å²) in [5.41, 5.74) is 0.412. The van der Waals surface area contributed by atoms with Crippen LogP contribution < -0.4 is 5.32 Å². The number of hydrogen-bond donors (Lipinski definition) is 2. The molecular weight excluding hydrogens is 316 g/mol. The fourth-order valence-electron chi connectivity index (χ4n) is 2.90. The van der Waals surface area contributed by atoms with Crippen molar-refractivity contribution in [3.8, 4) is 0 Å². The number of unbranched alkanes of at least 4 members (excludes halogenated alkanes) is 4. The lowest BCUT2D eigenvalue weighted by molar-refractivity contribution is -0.137. The maximum atomic E-state index is 13.7. The highest BCUT2D eigenvalue weighted by Gasteiger charge is 2.45. The first-order valence-electron chi connectivity index (χ1n) is 8.43. The largest absolute Gasteiger partial charge is 0.481 e. The molecule has 24 heavy (non-hydrogen) atoms. The number of carboxylic acids is 1. The molecule has 2 N–H and O–H groups in total. The van der Waals surface area contributed by atoms with Crippen molar-refractivity contribution in [3.63, 3.8) is 0 Å². The molecule has 2 unspecified atom stereocenters. The highest BCUT2D eigenvalue weighted by atomic mass is 19.1. The molecule has 1 amide bonds. The van der Waals surface area contributed by atoms with Crippen molar-refractivity contribution in [2.75, 3.05) is 6.54 Å². The number of carboxylic acid groups (broad SMARTS) is 1. The quantitative estimate of drug-likeness (QED) is 0.640. The third kappa shape index (κ3) is 5.58. The number of benzene rings is 1. The van der Waals surface area contributed by atoms with Crippen LogP contribution in [0.5, 0.6) is 0 Å². The molecule has 2 atom stereocenters. The van der Waals surface area contributed by atoms with Crippen LogP contribution in [0.1, 0.15) is 56.4 Å². The third-order valence-electron chi connectivity index (χ3n) is 4.36. The summed E-state index contributed by atoms with van der Waals surface area (Å²) in [4.78, 5) is 22.4. The summed E-state index contributed by atoms with van der Waals surface area (Å²) >= 11 is 0. The van der Waals surface area contributed by atoms with Crippen molar-refractivity contribution >= 4 is 11.9 Å². The minimum absolute atomic E-state index is 0.0744. The first kappa shape index (κ1) is 18.4. The minimum atomic E-state index is -0.765. The SMILES string of the molecule is O=C(O)CCCCCCCNC(=O)C1CC1c1ccc(F)cc1F. The van der Waals surface area contributed by atoms with Gasteiger partial charge in [-0.05, 0) is 36.8 Å². The number of amides is 1. The molecule has 0 saturated heterocycles. The Morgan fingerprint density at radius 1 is 1.12 bits per heavy atom. The Balaban J connectivity index is 1.59. The zero-order chi connectivity index (χ0) is 17.5. The maximum absolute atomic E-state index is 13.7. The van der Waals surface area contributed by atoms with Crippen LogP contribution in [-0.4, -0.2) is 23.5 Å². The van der Waals surface area contributed by atoms with Gasteiger partial charge >= 0.3 is 5.97 Å². The number of halogens is 2. The maximum Gasteiger partial charge on any atom is 0.303 e. The fraction of sp³-hybridized carbons (Fsp3) is 0.556. The van der Waals surface area contributed by atoms with Crippen LogP contribution in [0.2, 0.25) is 0 Å². The number of carbonyl (C=O) groups excluding carboxylic acids is 1. The summed E-state index contributed by atoms with van der Waals surface area (Å²) in [6, 6.07) is 3.49. The van der Waals surface area contributed by atoms with E-state index in [2.05, 4.69) is 5.32 Å². The second-order valence-electron chi connectivity index (χ2n) is 6.32. The van der Waals surface area contributed by atoms with Crippen LogP contribution in [0.25, 0.3) is 0 Å². The van der Waals surface area contributed by atoms with E-state index in [0.29, 0.717) is 24.9 Å². The van der Waals surface area contributed by atoms with Crippen molar-refractivity contribution in [2.45, 2.75) is 50.9 Å². The van der Waals surface area contributed by atoms with Gasteiger partial charge < -0.3 is 10.4 Å². The zero-order valence-corrected chi connectivity index (χ0v) is 13.6. The molecule has 1 aliphatic carbocycles. The van der Waals surface area contributed by atoms with Crippen molar-refractivity contribution in [1.82, 2.24) is 5.32 Å². The molecule has 1 aromatic rings. The van der Waals surface area contributed by atoms with Crippen LogP contribution in [0.4, 0.5) is 8.78 Å². The number of carbonyl (C=O) groups is 2. The zero-order valence-electron chi connectivity index (χ0n) is 13.6. The topological polar surface area (TPSA) is 66.4 Å². The van der Waals surface area contributed by atoms with Gasteiger partial charge in [0.25, 0.3) is 0 Å². The summed E-state index contributed by atoms with van der Waals surface area (Å²) in [6.07, 6.45) is 5.13. The first-order valence-corrected chi connectivity index (χ1v) is 8.43. The third-order valence-corrected chi connectivity index (χ3v) is 4.36. The van der Waals surface area contributed by atoms with Crippen molar-refractivity contribution < 1.29 is 23.5 Å². The Hall–Kier alpha value is -1.98. The Kier molecular flexibility index (Phi) is 6.70. The molecule has 1 aliphatic rings. The summed E-state index contributed by atoms with van der Waals surface area (Å²) in [7, 11) is 0. The predicted molar refractivity (Wildman–Crippen MR) is 85.6 cm³/mol. The fourth-order valence-corrected chi connectivity index (χ4v) is 2.90. The molecule has 0 bridgehead atoms. The van der Waals surface area contributed by atoms with Gasteiger partial charge in [0, 0.05) is 24.9 Å². The van der Waals surface area contributed by atoms with Gasteiger partial charge in [0.05, 0.1) is 0 Å². The van der Waals surface area contributed by atoms with E-state index in [1.807, 2.05) is 0 Å². The minimum Gasteiger partial charge on any atom is -0.481 e. The molecule has 6 heteroatoms. The molecule has 132 valence electrons. The van der Waals surface area contributed by atoms with Crippen LogP contribution in [0.3, 0.4) is 0 Å². The average Bonchev–Trinajstić information content (AvgIpc) is 3.29. The van der Waals surface area contributed by atoms with Gasteiger partial charge in [0.2, 0.25) is 5.91 Å². The molecule has 0 radical (unpaired) electrons. The highest BCUT2D eigenvalue weighted by Crippen LogP contribution is 2.48. The van der Waals surface area contributed by atoms with Crippen LogP contribution in [0, 0.1) is 17.6 Å². The number of nitrogens with one attached hydrogen (secondary N) is 1. The van der Waals surface area contributed by atoms with Gasteiger partial charge in [-0.15, -0.1) is 0 Å². The van der Waals surface area contributed by atoms with Gasteiger partial charge in [-0.3, -0.25) is 9.59 Å². The molecule has 0 spiro atoms. The summed E-state index contributed by atoms with van der Waals surface area (Å²) in [5.74, 6) is -2.41. The van der Waals surface area contributed by atoms with Crippen LogP contribution >= 0.6 is 0 Å². The summed E-state index contributed by atoms with van der Waals surface area (Å²) in [6.45, 7) is 0.576. The van der Waals surface area contributed by atoms with Crippen molar-refractivity contribution in [1.29, 1.82) is 0 Å². The summed E-state index contributed by atoms with van der Waals surface area (Å²) < 4.78 is 26.6.